The van der Waals surface area contributed by atoms with Gasteiger partial charge in [-0.15, -0.1) is 0 Å². The van der Waals surface area contributed by atoms with Crippen LogP contribution in [0.1, 0.15) is 53.5 Å². The summed E-state index contributed by atoms with van der Waals surface area (Å²) in [4.78, 5) is 30.9. The molecule has 2 amide bonds. The maximum Gasteiger partial charge on any atom is 0.270 e. The van der Waals surface area contributed by atoms with Gasteiger partial charge >= 0.3 is 0 Å². The van der Waals surface area contributed by atoms with Crippen LogP contribution >= 0.6 is 0 Å². The summed E-state index contributed by atoms with van der Waals surface area (Å²) in [5, 5.41) is 4.20. The highest BCUT2D eigenvalue weighted by atomic mass is 16.2. The van der Waals surface area contributed by atoms with E-state index < -0.39 is 0 Å². The molecule has 4 rings (SSSR count). The standard InChI is InChI=1S/C24H27N3O2/c1-2-27(24(29)22-15-18-11-6-7-14-21(18)26-22)20-13-8-12-19(16-20)25-23(28)17-9-4-3-5-10-17/h3-7,9-11,14-15,19-20,26H,2,8,12-13,16H2,1H3,(H,25,28)/t19-,20+/m1/s1. The fourth-order valence-corrected chi connectivity index (χ4v) is 4.35. The monoisotopic (exact) mass is 389 g/mol. The summed E-state index contributed by atoms with van der Waals surface area (Å²) < 4.78 is 0. The number of nitrogens with one attached hydrogen (secondary N) is 2. The number of carbonyl (C=O) groups is 2. The Kier molecular flexibility index (Phi) is 5.65. The minimum Gasteiger partial charge on any atom is -0.351 e. The summed E-state index contributed by atoms with van der Waals surface area (Å²) in [5.41, 5.74) is 2.28. The van der Waals surface area contributed by atoms with E-state index in [4.69, 9.17) is 0 Å². The minimum atomic E-state index is -0.0405. The van der Waals surface area contributed by atoms with Crippen LogP contribution in [0.4, 0.5) is 0 Å². The van der Waals surface area contributed by atoms with Crippen molar-refractivity contribution in [1.29, 1.82) is 0 Å². The predicted molar refractivity (Wildman–Crippen MR) is 115 cm³/mol. The molecular formula is C24H27N3O2. The van der Waals surface area contributed by atoms with Gasteiger partial charge in [0.2, 0.25) is 0 Å². The Hall–Kier alpha value is -3.08. The Bertz CT molecular complexity index is 963. The highest BCUT2D eigenvalue weighted by Gasteiger charge is 2.30. The lowest BCUT2D eigenvalue weighted by molar-refractivity contribution is 0.0619. The van der Waals surface area contributed by atoms with E-state index in [1.54, 1.807) is 0 Å². The molecule has 0 radical (unpaired) electrons. The van der Waals surface area contributed by atoms with Crippen LogP contribution in [0, 0.1) is 0 Å². The quantitative estimate of drug-likeness (QED) is 0.680. The van der Waals surface area contributed by atoms with E-state index in [0.717, 1.165) is 36.6 Å². The molecule has 1 heterocycles. The van der Waals surface area contributed by atoms with Crippen molar-refractivity contribution in [2.45, 2.75) is 44.7 Å². The molecule has 1 aromatic heterocycles. The molecule has 2 aromatic carbocycles. The number of hydrogen-bond acceptors (Lipinski definition) is 2. The van der Waals surface area contributed by atoms with Crippen LogP contribution in [0.5, 0.6) is 0 Å². The lowest BCUT2D eigenvalue weighted by Crippen LogP contribution is -2.48. The summed E-state index contributed by atoms with van der Waals surface area (Å²) in [6.07, 6.45) is 3.71. The Labute approximate surface area is 171 Å². The van der Waals surface area contributed by atoms with Crippen LogP contribution in [0.3, 0.4) is 0 Å². The molecule has 0 bridgehead atoms. The Balaban J connectivity index is 1.45. The molecule has 29 heavy (non-hydrogen) atoms. The zero-order valence-corrected chi connectivity index (χ0v) is 16.7. The van der Waals surface area contributed by atoms with Crippen molar-refractivity contribution in [3.63, 3.8) is 0 Å². The van der Waals surface area contributed by atoms with E-state index in [1.165, 1.54) is 0 Å². The first-order valence-electron chi connectivity index (χ1n) is 10.4. The average Bonchev–Trinajstić information content (AvgIpc) is 3.19. The third kappa shape index (κ3) is 4.19. The van der Waals surface area contributed by atoms with E-state index in [0.29, 0.717) is 17.8 Å². The zero-order chi connectivity index (χ0) is 20.2. The molecule has 0 aliphatic heterocycles. The van der Waals surface area contributed by atoms with Crippen molar-refractivity contribution in [3.8, 4) is 0 Å². The third-order valence-electron chi connectivity index (χ3n) is 5.82. The molecule has 0 unspecified atom stereocenters. The van der Waals surface area contributed by atoms with E-state index in [-0.39, 0.29) is 23.9 Å². The van der Waals surface area contributed by atoms with Gasteiger partial charge in [-0.25, -0.2) is 0 Å². The van der Waals surface area contributed by atoms with Crippen LogP contribution in [0.15, 0.2) is 60.7 Å². The van der Waals surface area contributed by atoms with E-state index in [9.17, 15) is 9.59 Å². The number of amides is 2. The molecule has 2 atom stereocenters. The molecule has 1 aliphatic carbocycles. The van der Waals surface area contributed by atoms with Gasteiger partial charge in [0.1, 0.15) is 5.69 Å². The second kappa shape index (κ2) is 8.52. The van der Waals surface area contributed by atoms with Crippen molar-refractivity contribution in [2.75, 3.05) is 6.54 Å². The van der Waals surface area contributed by atoms with Crippen LogP contribution in [-0.4, -0.2) is 40.3 Å². The fourth-order valence-electron chi connectivity index (χ4n) is 4.35. The molecule has 3 aromatic rings. The van der Waals surface area contributed by atoms with Crippen molar-refractivity contribution < 1.29 is 9.59 Å². The van der Waals surface area contributed by atoms with Gasteiger partial charge in [0.25, 0.3) is 11.8 Å². The first-order valence-corrected chi connectivity index (χ1v) is 10.4. The van der Waals surface area contributed by atoms with Gasteiger partial charge in [-0.3, -0.25) is 9.59 Å². The number of para-hydroxylation sites is 1. The van der Waals surface area contributed by atoms with Crippen molar-refractivity contribution in [3.05, 3.63) is 71.9 Å². The Morgan fingerprint density at radius 3 is 2.59 bits per heavy atom. The van der Waals surface area contributed by atoms with Crippen molar-refractivity contribution in [2.24, 2.45) is 0 Å². The van der Waals surface area contributed by atoms with Gasteiger partial charge in [-0.2, -0.15) is 0 Å². The van der Waals surface area contributed by atoms with Gasteiger partial charge in [0.05, 0.1) is 0 Å². The molecule has 5 nitrogen and oxygen atoms in total. The normalized spacial score (nSPS) is 19.1. The van der Waals surface area contributed by atoms with Crippen molar-refractivity contribution >= 4 is 22.7 Å². The fraction of sp³-hybridized carbons (Fsp3) is 0.333. The van der Waals surface area contributed by atoms with Crippen molar-refractivity contribution in [1.82, 2.24) is 15.2 Å². The number of aromatic amines is 1. The largest absolute Gasteiger partial charge is 0.351 e. The number of H-pyrrole nitrogens is 1. The lowest BCUT2D eigenvalue weighted by atomic mass is 9.89. The minimum absolute atomic E-state index is 0.0312. The molecule has 1 saturated carbocycles. The number of nitrogens with zero attached hydrogens (tertiary/aromatic N) is 1. The van der Waals surface area contributed by atoms with E-state index in [2.05, 4.69) is 10.3 Å². The molecule has 0 saturated heterocycles. The van der Waals surface area contributed by atoms with Gasteiger partial charge in [-0.05, 0) is 56.9 Å². The molecule has 2 N–H and O–H groups in total. The SMILES string of the molecule is CCN(C(=O)c1cc2ccccc2[nH]1)[C@H]1CCC[C@@H](NC(=O)c2ccccc2)C1. The first kappa shape index (κ1) is 19.2. The third-order valence-corrected chi connectivity index (χ3v) is 5.82. The summed E-state index contributed by atoms with van der Waals surface area (Å²) in [6.45, 7) is 2.67. The second-order valence-corrected chi connectivity index (χ2v) is 7.72. The smallest absolute Gasteiger partial charge is 0.270 e. The number of rotatable bonds is 5. The summed E-state index contributed by atoms with van der Waals surface area (Å²) in [5.74, 6) is -0.00928. The lowest BCUT2D eigenvalue weighted by Gasteiger charge is -2.37. The molecule has 1 fully saturated rings. The van der Waals surface area contributed by atoms with Gasteiger partial charge in [0.15, 0.2) is 0 Å². The number of hydrogen-bond donors (Lipinski definition) is 2. The Morgan fingerprint density at radius 2 is 1.83 bits per heavy atom. The van der Waals surface area contributed by atoms with Crippen LogP contribution < -0.4 is 5.32 Å². The molecule has 5 heteroatoms. The van der Waals surface area contributed by atoms with Gasteiger partial charge in [-0.1, -0.05) is 36.4 Å². The van der Waals surface area contributed by atoms with Crippen LogP contribution in [0.25, 0.3) is 10.9 Å². The van der Waals surface area contributed by atoms with E-state index >= 15 is 0 Å². The highest BCUT2D eigenvalue weighted by molar-refractivity contribution is 5.98. The molecule has 1 aliphatic rings. The second-order valence-electron chi connectivity index (χ2n) is 7.72. The number of carbonyl (C=O) groups excluding carboxylic acids is 2. The summed E-state index contributed by atoms with van der Waals surface area (Å²) in [6, 6.07) is 19.4. The Morgan fingerprint density at radius 1 is 1.07 bits per heavy atom. The molecule has 0 spiro atoms. The maximum atomic E-state index is 13.2. The topological polar surface area (TPSA) is 65.2 Å². The summed E-state index contributed by atoms with van der Waals surface area (Å²) >= 11 is 0. The van der Waals surface area contributed by atoms with Gasteiger partial charge < -0.3 is 15.2 Å². The highest BCUT2D eigenvalue weighted by Crippen LogP contribution is 2.25. The zero-order valence-electron chi connectivity index (χ0n) is 16.7. The average molecular weight is 389 g/mol. The van der Waals surface area contributed by atoms with E-state index in [1.807, 2.05) is 72.5 Å². The molecular weight excluding hydrogens is 362 g/mol. The number of aromatic nitrogens is 1. The molecule has 150 valence electrons. The van der Waals surface area contributed by atoms with Crippen LogP contribution in [-0.2, 0) is 0 Å². The number of fused-ring (bicyclic) bond motifs is 1. The van der Waals surface area contributed by atoms with Gasteiger partial charge in [0, 0.05) is 35.1 Å². The first-order chi connectivity index (χ1) is 14.2. The predicted octanol–water partition coefficient (Wildman–Crippen LogP) is 4.37. The van der Waals surface area contributed by atoms with Crippen LogP contribution in [0.2, 0.25) is 0 Å². The maximum absolute atomic E-state index is 13.2. The summed E-state index contributed by atoms with van der Waals surface area (Å²) in [7, 11) is 0. The number of benzene rings is 2.